The average molecular weight is 353 g/mol. The van der Waals surface area contributed by atoms with Gasteiger partial charge in [0.25, 0.3) is 0 Å². The van der Waals surface area contributed by atoms with E-state index in [-0.39, 0.29) is 5.95 Å². The molecule has 0 spiro atoms. The highest BCUT2D eigenvalue weighted by molar-refractivity contribution is 7.17. The number of methoxy groups -OCH3 is 1. The van der Waals surface area contributed by atoms with E-state index in [1.54, 1.807) is 18.4 Å². The molecule has 0 bridgehead atoms. The highest BCUT2D eigenvalue weighted by atomic mass is 32.1. The molecule has 0 atom stereocenters. The van der Waals surface area contributed by atoms with Crippen LogP contribution in [0.5, 0.6) is 5.06 Å². The molecular weight excluding hydrogens is 334 g/mol. The summed E-state index contributed by atoms with van der Waals surface area (Å²) in [4.78, 5) is 12.0. The second kappa shape index (κ2) is 5.63. The summed E-state index contributed by atoms with van der Waals surface area (Å²) in [6, 6.07) is 8.26. The number of aryl methyl sites for hydroxylation is 1. The maximum absolute atomic E-state index is 5.95. The summed E-state index contributed by atoms with van der Waals surface area (Å²) in [5.74, 6) is 1.11. The van der Waals surface area contributed by atoms with Crippen molar-refractivity contribution >= 4 is 44.9 Å². The van der Waals surface area contributed by atoms with E-state index in [9.17, 15) is 0 Å². The van der Waals surface area contributed by atoms with Crippen LogP contribution in [0.15, 0.2) is 30.5 Å². The molecule has 128 valence electrons. The van der Waals surface area contributed by atoms with Crippen molar-refractivity contribution in [3.63, 3.8) is 0 Å². The van der Waals surface area contributed by atoms with Gasteiger partial charge in [-0.2, -0.15) is 4.98 Å². The Labute approximate surface area is 149 Å². The molecular formula is C18H19N5OS. The Morgan fingerprint density at radius 3 is 2.68 bits per heavy atom. The number of hydrogen-bond donors (Lipinski definition) is 1. The minimum atomic E-state index is 0.279. The maximum atomic E-state index is 5.95. The monoisotopic (exact) mass is 353 g/mol. The van der Waals surface area contributed by atoms with Crippen molar-refractivity contribution in [2.45, 2.75) is 0 Å². The second-order valence-electron chi connectivity index (χ2n) is 6.13. The number of nitrogens with two attached hydrogens (primary N) is 1. The molecule has 0 fully saturated rings. The summed E-state index contributed by atoms with van der Waals surface area (Å²) in [5, 5.41) is 3.02. The molecule has 25 heavy (non-hydrogen) atoms. The van der Waals surface area contributed by atoms with Gasteiger partial charge < -0.3 is 19.9 Å². The minimum absolute atomic E-state index is 0.279. The van der Waals surface area contributed by atoms with Crippen molar-refractivity contribution in [2.75, 3.05) is 31.8 Å². The topological polar surface area (TPSA) is 69.2 Å². The molecule has 4 rings (SSSR count). The van der Waals surface area contributed by atoms with E-state index in [0.29, 0.717) is 0 Å². The zero-order chi connectivity index (χ0) is 17.7. The second-order valence-corrected chi connectivity index (χ2v) is 7.18. The lowest BCUT2D eigenvalue weighted by molar-refractivity contribution is 0.427. The SMILES string of the molecule is COc1ccc(-c2cc3nc(N)nc(N(C)C)c3c3ccn(C)c23)s1. The number of nitrogen functional groups attached to an aromatic ring is 1. The number of rotatable bonds is 3. The van der Waals surface area contributed by atoms with Gasteiger partial charge in [-0.25, -0.2) is 4.98 Å². The van der Waals surface area contributed by atoms with E-state index in [0.717, 1.165) is 43.1 Å². The predicted octanol–water partition coefficient (Wildman–Crippen LogP) is 3.51. The number of thiophene rings is 1. The van der Waals surface area contributed by atoms with Gasteiger partial charge in [0.1, 0.15) is 5.82 Å². The van der Waals surface area contributed by atoms with Crippen LogP contribution < -0.4 is 15.4 Å². The molecule has 0 aliphatic heterocycles. The molecule has 7 heteroatoms. The van der Waals surface area contributed by atoms with Crippen LogP contribution in [0, 0.1) is 0 Å². The van der Waals surface area contributed by atoms with Crippen LogP contribution in [0.1, 0.15) is 0 Å². The summed E-state index contributed by atoms with van der Waals surface area (Å²) in [7, 11) is 7.67. The van der Waals surface area contributed by atoms with Crippen molar-refractivity contribution in [2.24, 2.45) is 7.05 Å². The van der Waals surface area contributed by atoms with Crippen LogP contribution in [0.3, 0.4) is 0 Å². The standard InChI is InChI=1S/C18H19N5OS/c1-22(2)17-15-10-7-8-23(3)16(10)11(9-12(15)20-18(19)21-17)13-5-6-14(24-4)25-13/h5-9H,1-4H3,(H2,19,20,21). The number of aromatic nitrogens is 3. The van der Waals surface area contributed by atoms with Gasteiger partial charge in [0.05, 0.1) is 23.5 Å². The van der Waals surface area contributed by atoms with Gasteiger partial charge in [-0.1, -0.05) is 11.3 Å². The Kier molecular flexibility index (Phi) is 3.54. The van der Waals surface area contributed by atoms with Gasteiger partial charge in [-0.05, 0) is 24.3 Å². The van der Waals surface area contributed by atoms with Crippen LogP contribution in [-0.4, -0.2) is 35.7 Å². The van der Waals surface area contributed by atoms with Crippen molar-refractivity contribution in [3.05, 3.63) is 30.5 Å². The molecule has 0 unspecified atom stereocenters. The molecule has 3 heterocycles. The van der Waals surface area contributed by atoms with Gasteiger partial charge in [-0.15, -0.1) is 0 Å². The van der Waals surface area contributed by atoms with Gasteiger partial charge in [0.2, 0.25) is 5.95 Å². The van der Waals surface area contributed by atoms with E-state index in [2.05, 4.69) is 46.0 Å². The van der Waals surface area contributed by atoms with Gasteiger partial charge in [-0.3, -0.25) is 0 Å². The molecule has 1 aromatic carbocycles. The fourth-order valence-corrected chi connectivity index (χ4v) is 4.04. The molecule has 0 saturated heterocycles. The van der Waals surface area contributed by atoms with Crippen molar-refractivity contribution in [3.8, 4) is 15.5 Å². The third-order valence-corrected chi connectivity index (χ3v) is 5.36. The molecule has 4 aromatic rings. The third kappa shape index (κ3) is 2.39. The number of fused-ring (bicyclic) bond motifs is 3. The summed E-state index contributed by atoms with van der Waals surface area (Å²) in [6.07, 6.45) is 2.06. The van der Waals surface area contributed by atoms with E-state index < -0.39 is 0 Å². The number of ether oxygens (including phenoxy) is 1. The van der Waals surface area contributed by atoms with E-state index in [1.165, 1.54) is 0 Å². The Balaban J connectivity index is 2.15. The first-order valence-corrected chi connectivity index (χ1v) is 8.68. The molecule has 2 N–H and O–H groups in total. The molecule has 0 radical (unpaired) electrons. The maximum Gasteiger partial charge on any atom is 0.222 e. The lowest BCUT2D eigenvalue weighted by atomic mass is 10.0. The van der Waals surface area contributed by atoms with Crippen LogP contribution >= 0.6 is 11.3 Å². The Morgan fingerprint density at radius 2 is 2.00 bits per heavy atom. The Hall–Kier alpha value is -2.80. The van der Waals surface area contributed by atoms with Crippen molar-refractivity contribution < 1.29 is 4.74 Å². The van der Waals surface area contributed by atoms with Crippen LogP contribution in [0.4, 0.5) is 11.8 Å². The van der Waals surface area contributed by atoms with Gasteiger partial charge in [0, 0.05) is 43.2 Å². The lowest BCUT2D eigenvalue weighted by Crippen LogP contribution is -2.13. The summed E-state index contributed by atoms with van der Waals surface area (Å²) in [6.45, 7) is 0. The first-order valence-electron chi connectivity index (χ1n) is 7.86. The third-order valence-electron chi connectivity index (χ3n) is 4.28. The summed E-state index contributed by atoms with van der Waals surface area (Å²) < 4.78 is 7.49. The highest BCUT2D eigenvalue weighted by Crippen LogP contribution is 2.41. The fourth-order valence-electron chi connectivity index (χ4n) is 3.20. The summed E-state index contributed by atoms with van der Waals surface area (Å²) in [5.41, 5.74) is 9.06. The zero-order valence-corrected chi connectivity index (χ0v) is 15.4. The molecule has 0 saturated carbocycles. The van der Waals surface area contributed by atoms with Crippen molar-refractivity contribution in [1.82, 2.24) is 14.5 Å². The van der Waals surface area contributed by atoms with Gasteiger partial charge >= 0.3 is 0 Å². The van der Waals surface area contributed by atoms with Crippen molar-refractivity contribution in [1.29, 1.82) is 0 Å². The van der Waals surface area contributed by atoms with E-state index >= 15 is 0 Å². The molecule has 0 aliphatic carbocycles. The Morgan fingerprint density at radius 1 is 1.20 bits per heavy atom. The smallest absolute Gasteiger partial charge is 0.222 e. The first-order chi connectivity index (χ1) is 12.0. The zero-order valence-electron chi connectivity index (χ0n) is 14.6. The Bertz CT molecular complexity index is 1100. The molecule has 0 amide bonds. The summed E-state index contributed by atoms with van der Waals surface area (Å²) >= 11 is 1.62. The molecule has 6 nitrogen and oxygen atoms in total. The number of nitrogens with zero attached hydrogens (tertiary/aromatic N) is 4. The van der Waals surface area contributed by atoms with E-state index in [1.807, 2.05) is 25.1 Å². The molecule has 3 aromatic heterocycles. The normalized spacial score (nSPS) is 11.4. The van der Waals surface area contributed by atoms with Crippen LogP contribution in [0.25, 0.3) is 32.2 Å². The largest absolute Gasteiger partial charge is 0.487 e. The number of benzene rings is 1. The number of hydrogen-bond acceptors (Lipinski definition) is 6. The highest BCUT2D eigenvalue weighted by Gasteiger charge is 2.18. The first kappa shape index (κ1) is 15.7. The van der Waals surface area contributed by atoms with Gasteiger partial charge in [0.15, 0.2) is 5.06 Å². The van der Waals surface area contributed by atoms with Crippen LogP contribution in [-0.2, 0) is 7.05 Å². The number of anilines is 2. The van der Waals surface area contributed by atoms with Crippen LogP contribution in [0.2, 0.25) is 0 Å². The quantitative estimate of drug-likeness (QED) is 0.610. The average Bonchev–Trinajstić information content (AvgIpc) is 3.20. The fraction of sp³-hybridized carbons (Fsp3) is 0.222. The lowest BCUT2D eigenvalue weighted by Gasteiger charge is -2.16. The van der Waals surface area contributed by atoms with E-state index in [4.69, 9.17) is 10.5 Å². The predicted molar refractivity (Wildman–Crippen MR) is 105 cm³/mol. The molecule has 0 aliphatic rings. The minimum Gasteiger partial charge on any atom is -0.487 e.